The van der Waals surface area contributed by atoms with Crippen LogP contribution in [0.25, 0.3) is 0 Å². The van der Waals surface area contributed by atoms with Crippen molar-refractivity contribution in [1.82, 2.24) is 0 Å². The molecule has 1 atom stereocenters. The predicted molar refractivity (Wildman–Crippen MR) is 98.8 cm³/mol. The average molecular weight is 336 g/mol. The third-order valence-corrected chi connectivity index (χ3v) is 3.35. The minimum absolute atomic E-state index is 0.189. The molecule has 1 unspecified atom stereocenters. The molecule has 0 aromatic rings. The number of carboxylic acids is 1. The number of allylic oxidation sites excluding steroid dienone is 6. The lowest BCUT2D eigenvalue weighted by molar-refractivity contribution is -0.137. The first-order valence-electron chi connectivity index (χ1n) is 8.81. The van der Waals surface area contributed by atoms with Crippen LogP contribution < -0.4 is 0 Å². The molecule has 4 heteroatoms. The number of carboxylic acid groups (broad SMARTS) is 1. The summed E-state index contributed by atoms with van der Waals surface area (Å²) in [4.78, 5) is 10.3. The van der Waals surface area contributed by atoms with E-state index in [0.29, 0.717) is 12.8 Å². The second-order valence-corrected chi connectivity index (χ2v) is 5.65. The highest BCUT2D eigenvalue weighted by molar-refractivity contribution is 5.66. The van der Waals surface area contributed by atoms with E-state index in [2.05, 4.69) is 12.2 Å². The Morgan fingerprint density at radius 3 is 2.38 bits per heavy atom. The summed E-state index contributed by atoms with van der Waals surface area (Å²) in [5.41, 5.74) is 0. The van der Waals surface area contributed by atoms with Crippen LogP contribution in [0.5, 0.6) is 0 Å². The number of carbonyl (C=O) groups is 1. The van der Waals surface area contributed by atoms with Gasteiger partial charge in [0.15, 0.2) is 0 Å². The summed E-state index contributed by atoms with van der Waals surface area (Å²) in [6.45, 7) is 0.283. The first kappa shape index (κ1) is 22.4. The van der Waals surface area contributed by atoms with Gasteiger partial charge in [-0.25, -0.2) is 0 Å². The standard InChI is InChI=1S/C20H32O4/c21-18-14-10-6-4-2-1-3-5-7-11-15-19(22)16-12-8-9-13-17-20(23)24/h1-2,5,7-8,11-12,15,19,21-22H,3-4,6,9-10,13-14,16-18H2,(H,23,24). The van der Waals surface area contributed by atoms with Gasteiger partial charge in [-0.15, -0.1) is 0 Å². The molecule has 0 aliphatic carbocycles. The molecule has 0 bridgehead atoms. The molecule has 0 radical (unpaired) electrons. The van der Waals surface area contributed by atoms with Crippen LogP contribution in [0.3, 0.4) is 0 Å². The quantitative estimate of drug-likeness (QED) is 0.238. The fourth-order valence-electron chi connectivity index (χ4n) is 2.00. The van der Waals surface area contributed by atoms with Crippen molar-refractivity contribution >= 4 is 5.97 Å². The summed E-state index contributed by atoms with van der Waals surface area (Å²) in [5.74, 6) is -0.769. The van der Waals surface area contributed by atoms with Gasteiger partial charge in [-0.1, -0.05) is 55.0 Å². The number of aliphatic hydroxyl groups is 2. The summed E-state index contributed by atoms with van der Waals surface area (Å²) >= 11 is 0. The summed E-state index contributed by atoms with van der Waals surface area (Å²) in [6.07, 6.45) is 22.3. The fourth-order valence-corrected chi connectivity index (χ4v) is 2.00. The number of hydrogen-bond donors (Lipinski definition) is 3. The van der Waals surface area contributed by atoms with Gasteiger partial charge in [0.25, 0.3) is 0 Å². The molecule has 0 saturated carbocycles. The highest BCUT2D eigenvalue weighted by Crippen LogP contribution is 2.02. The summed E-state index contributed by atoms with van der Waals surface area (Å²) < 4.78 is 0. The lowest BCUT2D eigenvalue weighted by atomic mass is 10.1. The Morgan fingerprint density at radius 1 is 0.875 bits per heavy atom. The summed E-state index contributed by atoms with van der Waals surface area (Å²) in [7, 11) is 0. The van der Waals surface area contributed by atoms with Crippen LogP contribution in [0.15, 0.2) is 48.6 Å². The predicted octanol–water partition coefficient (Wildman–Crippen LogP) is 4.16. The van der Waals surface area contributed by atoms with Crippen molar-refractivity contribution in [3.05, 3.63) is 48.6 Å². The lowest BCUT2D eigenvalue weighted by Crippen LogP contribution is -1.98. The van der Waals surface area contributed by atoms with Crippen LogP contribution in [0.4, 0.5) is 0 Å². The Morgan fingerprint density at radius 2 is 1.62 bits per heavy atom. The van der Waals surface area contributed by atoms with Crippen molar-refractivity contribution in [2.24, 2.45) is 0 Å². The van der Waals surface area contributed by atoms with E-state index in [4.69, 9.17) is 10.2 Å². The number of aliphatic carboxylic acids is 1. The molecule has 136 valence electrons. The van der Waals surface area contributed by atoms with Crippen LogP contribution >= 0.6 is 0 Å². The van der Waals surface area contributed by atoms with Gasteiger partial charge in [-0.3, -0.25) is 4.79 Å². The van der Waals surface area contributed by atoms with Crippen molar-refractivity contribution < 1.29 is 20.1 Å². The van der Waals surface area contributed by atoms with Gasteiger partial charge in [0.2, 0.25) is 0 Å². The van der Waals surface area contributed by atoms with Gasteiger partial charge >= 0.3 is 5.97 Å². The van der Waals surface area contributed by atoms with E-state index in [-0.39, 0.29) is 13.0 Å². The molecule has 0 amide bonds. The fraction of sp³-hybridized carbons (Fsp3) is 0.550. The van der Waals surface area contributed by atoms with E-state index in [0.717, 1.165) is 38.5 Å². The van der Waals surface area contributed by atoms with E-state index in [1.54, 1.807) is 6.08 Å². The van der Waals surface area contributed by atoms with Crippen molar-refractivity contribution in [1.29, 1.82) is 0 Å². The van der Waals surface area contributed by atoms with Crippen LogP contribution in [0, 0.1) is 0 Å². The first-order valence-corrected chi connectivity index (χ1v) is 8.81. The van der Waals surface area contributed by atoms with Gasteiger partial charge in [-0.05, 0) is 44.9 Å². The number of rotatable bonds is 15. The SMILES string of the molecule is O=C(O)CCCC=CCC(O)C=CC=CCC=CCCCCCO. The number of unbranched alkanes of at least 4 members (excludes halogenated alkanes) is 4. The molecule has 0 aliphatic heterocycles. The maximum absolute atomic E-state index is 10.3. The molecule has 0 rings (SSSR count). The second-order valence-electron chi connectivity index (χ2n) is 5.65. The van der Waals surface area contributed by atoms with E-state index in [1.165, 1.54) is 0 Å². The molecule has 0 aromatic carbocycles. The van der Waals surface area contributed by atoms with Crippen molar-refractivity contribution in [2.45, 2.75) is 63.9 Å². The Balaban J connectivity index is 3.61. The highest BCUT2D eigenvalue weighted by atomic mass is 16.4. The van der Waals surface area contributed by atoms with Crippen LogP contribution in [0.2, 0.25) is 0 Å². The normalized spacial score (nSPS) is 13.8. The minimum Gasteiger partial charge on any atom is -0.481 e. The zero-order valence-electron chi connectivity index (χ0n) is 14.5. The largest absolute Gasteiger partial charge is 0.481 e. The Kier molecular flexibility index (Phi) is 16.5. The van der Waals surface area contributed by atoms with E-state index >= 15 is 0 Å². The van der Waals surface area contributed by atoms with Crippen molar-refractivity contribution in [3.8, 4) is 0 Å². The Bertz CT molecular complexity index is 408. The third-order valence-electron chi connectivity index (χ3n) is 3.35. The Hall–Kier alpha value is -1.65. The summed E-state index contributed by atoms with van der Waals surface area (Å²) in [6, 6.07) is 0. The van der Waals surface area contributed by atoms with E-state index in [1.807, 2.05) is 30.4 Å². The zero-order chi connectivity index (χ0) is 17.9. The summed E-state index contributed by atoms with van der Waals surface area (Å²) in [5, 5.41) is 26.9. The topological polar surface area (TPSA) is 77.8 Å². The maximum Gasteiger partial charge on any atom is 0.303 e. The molecule has 3 N–H and O–H groups in total. The molecular formula is C20H32O4. The molecule has 0 aliphatic rings. The zero-order valence-corrected chi connectivity index (χ0v) is 14.5. The van der Waals surface area contributed by atoms with Crippen molar-refractivity contribution in [3.63, 3.8) is 0 Å². The molecule has 4 nitrogen and oxygen atoms in total. The first-order chi connectivity index (χ1) is 11.7. The second kappa shape index (κ2) is 17.7. The maximum atomic E-state index is 10.3. The smallest absolute Gasteiger partial charge is 0.303 e. The third kappa shape index (κ3) is 18.4. The van der Waals surface area contributed by atoms with Gasteiger partial charge in [-0.2, -0.15) is 0 Å². The van der Waals surface area contributed by atoms with E-state index < -0.39 is 12.1 Å². The van der Waals surface area contributed by atoms with E-state index in [9.17, 15) is 9.90 Å². The van der Waals surface area contributed by atoms with Crippen LogP contribution in [-0.2, 0) is 4.79 Å². The van der Waals surface area contributed by atoms with Gasteiger partial charge in [0, 0.05) is 13.0 Å². The molecule has 0 aromatic heterocycles. The molecule has 24 heavy (non-hydrogen) atoms. The van der Waals surface area contributed by atoms with Crippen molar-refractivity contribution in [2.75, 3.05) is 6.61 Å². The highest BCUT2D eigenvalue weighted by Gasteiger charge is 1.95. The molecule has 0 heterocycles. The van der Waals surface area contributed by atoms with Crippen LogP contribution in [0.1, 0.15) is 57.8 Å². The van der Waals surface area contributed by atoms with Gasteiger partial charge in [0.1, 0.15) is 0 Å². The minimum atomic E-state index is -0.769. The van der Waals surface area contributed by atoms with Gasteiger partial charge < -0.3 is 15.3 Å². The monoisotopic (exact) mass is 336 g/mol. The molecular weight excluding hydrogens is 304 g/mol. The number of aliphatic hydroxyl groups excluding tert-OH is 2. The Labute approximate surface area is 145 Å². The molecule has 0 spiro atoms. The number of hydrogen-bond acceptors (Lipinski definition) is 3. The average Bonchev–Trinajstić information content (AvgIpc) is 2.55. The lowest BCUT2D eigenvalue weighted by Gasteiger charge is -1.99. The van der Waals surface area contributed by atoms with Gasteiger partial charge in [0.05, 0.1) is 6.10 Å². The van der Waals surface area contributed by atoms with Crippen LogP contribution in [-0.4, -0.2) is 34.0 Å². The molecule has 0 saturated heterocycles. The molecule has 0 fully saturated rings.